The molecule has 132 valence electrons. The van der Waals surface area contributed by atoms with Crippen molar-refractivity contribution in [3.63, 3.8) is 0 Å². The van der Waals surface area contributed by atoms with Gasteiger partial charge < -0.3 is 10.2 Å². The summed E-state index contributed by atoms with van der Waals surface area (Å²) in [4.78, 5) is 23.1. The first-order chi connectivity index (χ1) is 11.4. The van der Waals surface area contributed by atoms with Crippen molar-refractivity contribution in [2.75, 3.05) is 42.7 Å². The normalized spacial score (nSPS) is 20.3. The third-order valence-corrected chi connectivity index (χ3v) is 5.89. The molecule has 0 radical (unpaired) electrons. The zero-order chi connectivity index (χ0) is 17.2. The molecule has 2 aliphatic rings. The molecule has 1 aromatic heterocycles. The van der Waals surface area contributed by atoms with Gasteiger partial charge in [-0.3, -0.25) is 4.79 Å². The fourth-order valence-electron chi connectivity index (χ4n) is 3.16. The maximum absolute atomic E-state index is 12.3. The van der Waals surface area contributed by atoms with Crippen LogP contribution in [0.5, 0.6) is 0 Å². The molecule has 0 bridgehead atoms. The molecular formula is C15H23N5O3S. The highest BCUT2D eigenvalue weighted by Crippen LogP contribution is 2.21. The van der Waals surface area contributed by atoms with Crippen LogP contribution in [0.1, 0.15) is 25.7 Å². The smallest absolute Gasteiger partial charge is 0.227 e. The monoisotopic (exact) mass is 353 g/mol. The third-order valence-electron chi connectivity index (χ3n) is 4.59. The van der Waals surface area contributed by atoms with E-state index in [2.05, 4.69) is 20.2 Å². The van der Waals surface area contributed by atoms with Gasteiger partial charge in [-0.15, -0.1) is 0 Å². The molecule has 8 nitrogen and oxygen atoms in total. The van der Waals surface area contributed by atoms with Gasteiger partial charge in [-0.1, -0.05) is 0 Å². The van der Waals surface area contributed by atoms with Crippen molar-refractivity contribution >= 4 is 27.6 Å². The third kappa shape index (κ3) is 4.02. The Morgan fingerprint density at radius 1 is 1.12 bits per heavy atom. The molecule has 0 unspecified atom stereocenters. The van der Waals surface area contributed by atoms with E-state index < -0.39 is 10.0 Å². The van der Waals surface area contributed by atoms with Crippen molar-refractivity contribution in [2.24, 2.45) is 5.92 Å². The Kier molecular flexibility index (Phi) is 5.00. The highest BCUT2D eigenvalue weighted by Gasteiger charge is 2.29. The molecule has 9 heteroatoms. The summed E-state index contributed by atoms with van der Waals surface area (Å²) in [6, 6.07) is 0. The molecule has 0 saturated carbocycles. The molecule has 3 rings (SSSR count). The Hall–Kier alpha value is -1.74. The minimum Gasteiger partial charge on any atom is -0.341 e. The molecule has 1 N–H and O–H groups in total. The van der Waals surface area contributed by atoms with Crippen LogP contribution in [0.2, 0.25) is 0 Å². The number of nitrogens with one attached hydrogen (secondary N) is 1. The summed E-state index contributed by atoms with van der Waals surface area (Å²) in [5.74, 6) is 0.425. The van der Waals surface area contributed by atoms with Gasteiger partial charge in [0.1, 0.15) is 0 Å². The van der Waals surface area contributed by atoms with E-state index in [1.807, 2.05) is 0 Å². The number of carbonyl (C=O) groups is 1. The summed E-state index contributed by atoms with van der Waals surface area (Å²) in [7, 11) is -3.17. The predicted octanol–water partition coefficient (Wildman–Crippen LogP) is 0.687. The first-order valence-electron chi connectivity index (χ1n) is 8.26. The number of sulfonamides is 1. The standard InChI is InChI=1S/C15H23N5O3S/c1-24(22,23)20-8-4-12(5-9-20)14(21)18-13-10-16-15(17-11-13)19-6-2-3-7-19/h10-12H,2-9H2,1H3,(H,18,21). The van der Waals surface area contributed by atoms with Crippen molar-refractivity contribution in [3.8, 4) is 0 Å². The van der Waals surface area contributed by atoms with E-state index in [9.17, 15) is 13.2 Å². The molecule has 24 heavy (non-hydrogen) atoms. The second kappa shape index (κ2) is 7.02. The number of carbonyl (C=O) groups excluding carboxylic acids is 1. The fourth-order valence-corrected chi connectivity index (χ4v) is 4.03. The lowest BCUT2D eigenvalue weighted by Gasteiger charge is -2.29. The quantitative estimate of drug-likeness (QED) is 0.855. The number of anilines is 2. The van der Waals surface area contributed by atoms with E-state index >= 15 is 0 Å². The molecular weight excluding hydrogens is 330 g/mol. The number of rotatable bonds is 4. The Morgan fingerprint density at radius 2 is 1.71 bits per heavy atom. The average molecular weight is 353 g/mol. The van der Waals surface area contributed by atoms with E-state index in [4.69, 9.17) is 0 Å². The Labute approximate surface area is 142 Å². The first kappa shape index (κ1) is 17.1. The van der Waals surface area contributed by atoms with Crippen LogP contribution >= 0.6 is 0 Å². The minimum atomic E-state index is -3.17. The van der Waals surface area contributed by atoms with E-state index in [0.717, 1.165) is 25.9 Å². The van der Waals surface area contributed by atoms with Gasteiger partial charge in [0.2, 0.25) is 21.9 Å². The number of hydrogen-bond acceptors (Lipinski definition) is 6. The maximum Gasteiger partial charge on any atom is 0.227 e. The van der Waals surface area contributed by atoms with Crippen molar-refractivity contribution in [1.82, 2.24) is 14.3 Å². The largest absolute Gasteiger partial charge is 0.341 e. The van der Waals surface area contributed by atoms with E-state index in [-0.39, 0.29) is 11.8 Å². The molecule has 2 aliphatic heterocycles. The van der Waals surface area contributed by atoms with Crippen LogP contribution in [0, 0.1) is 5.92 Å². The number of hydrogen-bond donors (Lipinski definition) is 1. The van der Waals surface area contributed by atoms with Gasteiger partial charge in [0.05, 0.1) is 24.3 Å². The van der Waals surface area contributed by atoms with Crippen LogP contribution in [-0.4, -0.2) is 61.0 Å². The van der Waals surface area contributed by atoms with E-state index in [1.165, 1.54) is 10.6 Å². The highest BCUT2D eigenvalue weighted by molar-refractivity contribution is 7.88. The van der Waals surface area contributed by atoms with Crippen LogP contribution in [0.25, 0.3) is 0 Å². The predicted molar refractivity (Wildman–Crippen MR) is 91.2 cm³/mol. The Balaban J connectivity index is 1.53. The van der Waals surface area contributed by atoms with Crippen LogP contribution in [0.4, 0.5) is 11.6 Å². The van der Waals surface area contributed by atoms with Gasteiger partial charge in [-0.05, 0) is 25.7 Å². The average Bonchev–Trinajstić information content (AvgIpc) is 3.09. The van der Waals surface area contributed by atoms with Crippen LogP contribution in [0.3, 0.4) is 0 Å². The lowest BCUT2D eigenvalue weighted by molar-refractivity contribution is -0.120. The topological polar surface area (TPSA) is 95.5 Å². The zero-order valence-electron chi connectivity index (χ0n) is 13.8. The minimum absolute atomic E-state index is 0.0966. The number of nitrogens with zero attached hydrogens (tertiary/aromatic N) is 4. The van der Waals surface area contributed by atoms with Gasteiger partial charge in [-0.25, -0.2) is 22.7 Å². The Bertz CT molecular complexity index is 678. The van der Waals surface area contributed by atoms with Gasteiger partial charge in [0.15, 0.2) is 0 Å². The SMILES string of the molecule is CS(=O)(=O)N1CCC(C(=O)Nc2cnc(N3CCCC3)nc2)CC1. The van der Waals surface area contributed by atoms with Gasteiger partial charge in [-0.2, -0.15) is 0 Å². The molecule has 2 saturated heterocycles. The fraction of sp³-hybridized carbons (Fsp3) is 0.667. The second-order valence-electron chi connectivity index (χ2n) is 6.39. The van der Waals surface area contributed by atoms with Crippen molar-refractivity contribution in [3.05, 3.63) is 12.4 Å². The van der Waals surface area contributed by atoms with E-state index in [0.29, 0.717) is 37.6 Å². The lowest BCUT2D eigenvalue weighted by Crippen LogP contribution is -2.40. The molecule has 0 spiro atoms. The second-order valence-corrected chi connectivity index (χ2v) is 8.37. The van der Waals surface area contributed by atoms with Gasteiger partial charge in [0, 0.05) is 32.1 Å². The van der Waals surface area contributed by atoms with Crippen molar-refractivity contribution < 1.29 is 13.2 Å². The molecule has 2 fully saturated rings. The number of piperidine rings is 1. The van der Waals surface area contributed by atoms with Gasteiger partial charge >= 0.3 is 0 Å². The van der Waals surface area contributed by atoms with Crippen LogP contribution in [-0.2, 0) is 14.8 Å². The molecule has 1 aromatic rings. The zero-order valence-corrected chi connectivity index (χ0v) is 14.6. The molecule has 0 atom stereocenters. The molecule has 3 heterocycles. The number of aromatic nitrogens is 2. The van der Waals surface area contributed by atoms with Crippen molar-refractivity contribution in [2.45, 2.75) is 25.7 Å². The summed E-state index contributed by atoms with van der Waals surface area (Å²) >= 11 is 0. The molecule has 1 amide bonds. The summed E-state index contributed by atoms with van der Waals surface area (Å²) in [6.07, 6.45) is 7.85. The summed E-state index contributed by atoms with van der Waals surface area (Å²) < 4.78 is 24.4. The lowest BCUT2D eigenvalue weighted by atomic mass is 9.97. The van der Waals surface area contributed by atoms with Crippen LogP contribution in [0.15, 0.2) is 12.4 Å². The highest BCUT2D eigenvalue weighted by atomic mass is 32.2. The van der Waals surface area contributed by atoms with Gasteiger partial charge in [0.25, 0.3) is 0 Å². The van der Waals surface area contributed by atoms with Crippen molar-refractivity contribution in [1.29, 1.82) is 0 Å². The van der Waals surface area contributed by atoms with Crippen LogP contribution < -0.4 is 10.2 Å². The number of amides is 1. The summed E-state index contributed by atoms with van der Waals surface area (Å²) in [6.45, 7) is 2.73. The van der Waals surface area contributed by atoms with E-state index in [1.54, 1.807) is 12.4 Å². The summed E-state index contributed by atoms with van der Waals surface area (Å²) in [5.41, 5.74) is 0.577. The maximum atomic E-state index is 12.3. The molecule has 0 aromatic carbocycles. The first-order valence-corrected chi connectivity index (χ1v) is 10.1. The molecule has 0 aliphatic carbocycles. The Morgan fingerprint density at radius 3 is 2.25 bits per heavy atom. The summed E-state index contributed by atoms with van der Waals surface area (Å²) in [5, 5.41) is 2.83.